The SMILES string of the molecule is CCCCCCCCCCCCCCCCc1ccc(S(=O)(=O)O)cc1.[H-].[Na+]. The van der Waals surface area contributed by atoms with Crippen molar-refractivity contribution in [3.8, 4) is 0 Å². The van der Waals surface area contributed by atoms with Crippen LogP contribution in [0, 0.1) is 0 Å². The third kappa shape index (κ3) is 14.7. The predicted molar refractivity (Wildman–Crippen MR) is 111 cm³/mol. The standard InChI is InChI=1S/C22H38O3S.Na.H/c1-2-3-4-5-6-7-8-9-10-11-12-13-14-15-16-21-17-19-22(20-18-21)26(23,24)25;;/h17-20H,2-16H2,1H3,(H,23,24,25);;/q;+1;-1. The maximum atomic E-state index is 11.0. The first-order valence-electron chi connectivity index (χ1n) is 10.6. The zero-order valence-electron chi connectivity index (χ0n) is 18.6. The van der Waals surface area contributed by atoms with Gasteiger partial charge in [-0.05, 0) is 30.5 Å². The number of benzene rings is 1. The zero-order chi connectivity index (χ0) is 19.1. The Morgan fingerprint density at radius 2 is 1.07 bits per heavy atom. The van der Waals surface area contributed by atoms with Gasteiger partial charge in [-0.1, -0.05) is 103 Å². The van der Waals surface area contributed by atoms with Crippen LogP contribution in [0.5, 0.6) is 0 Å². The summed E-state index contributed by atoms with van der Waals surface area (Å²) < 4.78 is 31.0. The summed E-state index contributed by atoms with van der Waals surface area (Å²) in [4.78, 5) is -0.0257. The predicted octanol–water partition coefficient (Wildman–Crippen LogP) is 4.07. The van der Waals surface area contributed by atoms with Crippen LogP contribution in [0.3, 0.4) is 0 Å². The minimum absolute atomic E-state index is 0. The molecule has 3 nitrogen and oxygen atoms in total. The molecule has 1 rings (SSSR count). The van der Waals surface area contributed by atoms with Crippen LogP contribution in [0.15, 0.2) is 29.2 Å². The third-order valence-corrected chi connectivity index (χ3v) is 5.91. The van der Waals surface area contributed by atoms with Crippen LogP contribution in [0.25, 0.3) is 0 Å². The monoisotopic (exact) mass is 406 g/mol. The summed E-state index contributed by atoms with van der Waals surface area (Å²) in [6, 6.07) is 6.56. The second-order valence-corrected chi connectivity index (χ2v) is 8.89. The Kier molecular flexibility index (Phi) is 17.1. The van der Waals surface area contributed by atoms with Crippen molar-refractivity contribution in [2.75, 3.05) is 0 Å². The van der Waals surface area contributed by atoms with Crippen molar-refractivity contribution in [3.63, 3.8) is 0 Å². The molecule has 0 spiro atoms. The molecule has 27 heavy (non-hydrogen) atoms. The molecular formula is C22H39NaO3S. The van der Waals surface area contributed by atoms with E-state index in [-0.39, 0.29) is 35.9 Å². The summed E-state index contributed by atoms with van der Waals surface area (Å²) in [5, 5.41) is 0. The van der Waals surface area contributed by atoms with E-state index in [0.29, 0.717) is 0 Å². The molecule has 0 amide bonds. The van der Waals surface area contributed by atoms with Crippen molar-refractivity contribution in [2.24, 2.45) is 0 Å². The van der Waals surface area contributed by atoms with E-state index in [1.165, 1.54) is 95.6 Å². The smallest absolute Gasteiger partial charge is 1.00 e. The van der Waals surface area contributed by atoms with Gasteiger partial charge in [0.15, 0.2) is 0 Å². The fraction of sp³-hybridized carbons (Fsp3) is 0.727. The molecule has 1 aromatic rings. The van der Waals surface area contributed by atoms with Crippen molar-refractivity contribution in [3.05, 3.63) is 29.8 Å². The molecule has 0 radical (unpaired) electrons. The van der Waals surface area contributed by atoms with Crippen LogP contribution >= 0.6 is 0 Å². The molecule has 152 valence electrons. The molecule has 0 unspecified atom stereocenters. The molecule has 0 saturated heterocycles. The van der Waals surface area contributed by atoms with E-state index in [9.17, 15) is 8.42 Å². The van der Waals surface area contributed by atoms with E-state index >= 15 is 0 Å². The van der Waals surface area contributed by atoms with Crippen LogP contribution in [-0.4, -0.2) is 13.0 Å². The maximum Gasteiger partial charge on any atom is 1.00 e. The van der Waals surface area contributed by atoms with Gasteiger partial charge in [0, 0.05) is 0 Å². The van der Waals surface area contributed by atoms with E-state index < -0.39 is 10.1 Å². The van der Waals surface area contributed by atoms with E-state index in [0.717, 1.165) is 18.4 Å². The Morgan fingerprint density at radius 3 is 1.44 bits per heavy atom. The Hall–Kier alpha value is 0.130. The normalized spacial score (nSPS) is 11.3. The van der Waals surface area contributed by atoms with Gasteiger partial charge in [-0.3, -0.25) is 4.55 Å². The Balaban J connectivity index is 0. The Bertz CT molecular complexity index is 562. The topological polar surface area (TPSA) is 54.4 Å². The van der Waals surface area contributed by atoms with Crippen molar-refractivity contribution >= 4 is 10.1 Å². The van der Waals surface area contributed by atoms with Crippen molar-refractivity contribution in [1.29, 1.82) is 0 Å². The molecule has 0 aliphatic rings. The number of rotatable bonds is 16. The Morgan fingerprint density at radius 1 is 0.704 bits per heavy atom. The van der Waals surface area contributed by atoms with Crippen molar-refractivity contribution < 1.29 is 44.0 Å². The summed E-state index contributed by atoms with van der Waals surface area (Å²) in [6.45, 7) is 2.27. The van der Waals surface area contributed by atoms with E-state index in [4.69, 9.17) is 4.55 Å². The van der Waals surface area contributed by atoms with Crippen LogP contribution in [0.4, 0.5) is 0 Å². The van der Waals surface area contributed by atoms with Crippen LogP contribution in [0.1, 0.15) is 104 Å². The first kappa shape index (κ1) is 27.1. The summed E-state index contributed by atoms with van der Waals surface area (Å²) in [5.74, 6) is 0. The fourth-order valence-electron chi connectivity index (χ4n) is 3.35. The van der Waals surface area contributed by atoms with Crippen LogP contribution < -0.4 is 29.6 Å². The van der Waals surface area contributed by atoms with Crippen LogP contribution in [0.2, 0.25) is 0 Å². The van der Waals surface area contributed by atoms with Gasteiger partial charge in [0.05, 0.1) is 4.90 Å². The third-order valence-electron chi connectivity index (χ3n) is 5.04. The van der Waals surface area contributed by atoms with Gasteiger partial charge in [-0.2, -0.15) is 8.42 Å². The second-order valence-electron chi connectivity index (χ2n) is 7.47. The molecule has 0 heterocycles. The summed E-state index contributed by atoms with van der Waals surface area (Å²) in [5.41, 5.74) is 1.14. The molecule has 0 bridgehead atoms. The maximum absolute atomic E-state index is 11.0. The van der Waals surface area contributed by atoms with Gasteiger partial charge < -0.3 is 1.43 Å². The first-order valence-corrected chi connectivity index (χ1v) is 12.0. The quantitative estimate of drug-likeness (QED) is 0.256. The van der Waals surface area contributed by atoms with Gasteiger partial charge in [-0.25, -0.2) is 0 Å². The fourth-order valence-corrected chi connectivity index (χ4v) is 3.83. The number of aryl methyl sites for hydroxylation is 1. The second kappa shape index (κ2) is 17.0. The number of hydrogen-bond acceptors (Lipinski definition) is 2. The van der Waals surface area contributed by atoms with Gasteiger partial charge in [0.25, 0.3) is 10.1 Å². The van der Waals surface area contributed by atoms with E-state index in [1.54, 1.807) is 12.1 Å². The number of hydrogen-bond donors (Lipinski definition) is 1. The summed E-state index contributed by atoms with van der Waals surface area (Å²) >= 11 is 0. The first-order chi connectivity index (χ1) is 12.5. The summed E-state index contributed by atoms with van der Waals surface area (Å²) in [6.07, 6.45) is 19.9. The average Bonchev–Trinajstić information content (AvgIpc) is 2.61. The van der Waals surface area contributed by atoms with Gasteiger partial charge >= 0.3 is 29.6 Å². The summed E-state index contributed by atoms with van der Waals surface area (Å²) in [7, 11) is -4.07. The molecule has 0 fully saturated rings. The van der Waals surface area contributed by atoms with E-state index in [1.807, 2.05) is 0 Å². The average molecular weight is 407 g/mol. The minimum Gasteiger partial charge on any atom is -1.00 e. The van der Waals surface area contributed by atoms with Gasteiger partial charge in [-0.15, -0.1) is 0 Å². The van der Waals surface area contributed by atoms with E-state index in [2.05, 4.69) is 6.92 Å². The molecule has 0 aliphatic heterocycles. The molecule has 5 heteroatoms. The van der Waals surface area contributed by atoms with Crippen molar-refractivity contribution in [1.82, 2.24) is 0 Å². The Labute approximate surface area is 191 Å². The molecule has 1 aromatic carbocycles. The largest absolute Gasteiger partial charge is 1.00 e. The molecule has 1 N–H and O–H groups in total. The molecule has 0 saturated carbocycles. The minimum atomic E-state index is -4.07. The van der Waals surface area contributed by atoms with Crippen molar-refractivity contribution in [2.45, 2.75) is 108 Å². The van der Waals surface area contributed by atoms with Crippen LogP contribution in [-0.2, 0) is 16.5 Å². The number of unbranched alkanes of at least 4 members (excludes halogenated alkanes) is 13. The zero-order valence-corrected chi connectivity index (χ0v) is 20.4. The molecule has 0 aliphatic carbocycles. The molecule has 0 aromatic heterocycles. The molecular weight excluding hydrogens is 367 g/mol. The molecule has 0 atom stereocenters. The van der Waals surface area contributed by atoms with Gasteiger partial charge in [0.2, 0.25) is 0 Å². The van der Waals surface area contributed by atoms with Gasteiger partial charge in [0.1, 0.15) is 0 Å².